The summed E-state index contributed by atoms with van der Waals surface area (Å²) >= 11 is 0. The Bertz CT molecular complexity index is 243. The molecule has 0 radical (unpaired) electrons. The molecule has 2 unspecified atom stereocenters. The summed E-state index contributed by atoms with van der Waals surface area (Å²) in [6.45, 7) is 6.76. The predicted molar refractivity (Wildman–Crippen MR) is 76.3 cm³/mol. The molecular weight excluding hydrogens is 224 g/mol. The smallest absolute Gasteiger partial charge is 0.226 e. The lowest BCUT2D eigenvalue weighted by molar-refractivity contribution is -0.135. The van der Waals surface area contributed by atoms with E-state index >= 15 is 0 Å². The van der Waals surface area contributed by atoms with E-state index in [4.69, 9.17) is 5.73 Å². The average molecular weight is 254 g/mol. The molecule has 1 heterocycles. The van der Waals surface area contributed by atoms with E-state index < -0.39 is 0 Å². The van der Waals surface area contributed by atoms with Crippen LogP contribution >= 0.6 is 0 Å². The van der Waals surface area contributed by atoms with E-state index in [9.17, 15) is 4.79 Å². The Kier molecular flexibility index (Phi) is 7.33. The van der Waals surface area contributed by atoms with E-state index in [1.807, 2.05) is 0 Å². The Hall–Kier alpha value is -0.570. The van der Waals surface area contributed by atoms with Gasteiger partial charge in [-0.15, -0.1) is 0 Å². The minimum absolute atomic E-state index is 0.0534. The molecule has 1 aliphatic rings. The summed E-state index contributed by atoms with van der Waals surface area (Å²) in [5.74, 6) is 1.18. The first kappa shape index (κ1) is 15.5. The van der Waals surface area contributed by atoms with Crippen molar-refractivity contribution in [2.24, 2.45) is 17.6 Å². The Morgan fingerprint density at radius 3 is 2.67 bits per heavy atom. The molecular formula is C15H30N2O. The van der Waals surface area contributed by atoms with Crippen LogP contribution in [0.15, 0.2) is 0 Å². The second-order valence-electron chi connectivity index (χ2n) is 5.63. The molecule has 0 aliphatic carbocycles. The zero-order chi connectivity index (χ0) is 13.4. The van der Waals surface area contributed by atoms with Gasteiger partial charge in [0.05, 0.1) is 5.92 Å². The molecule has 0 aromatic rings. The van der Waals surface area contributed by atoms with E-state index in [-0.39, 0.29) is 5.92 Å². The van der Waals surface area contributed by atoms with Crippen LogP contribution in [0.3, 0.4) is 0 Å². The molecule has 1 fully saturated rings. The van der Waals surface area contributed by atoms with Crippen molar-refractivity contribution in [3.05, 3.63) is 0 Å². The first-order chi connectivity index (χ1) is 8.72. The van der Waals surface area contributed by atoms with Gasteiger partial charge in [-0.2, -0.15) is 0 Å². The van der Waals surface area contributed by atoms with Crippen molar-refractivity contribution in [3.63, 3.8) is 0 Å². The second-order valence-corrected chi connectivity index (χ2v) is 5.63. The third-order valence-corrected chi connectivity index (χ3v) is 4.13. The van der Waals surface area contributed by atoms with E-state index in [1.165, 1.54) is 32.1 Å². The quantitative estimate of drug-likeness (QED) is 0.792. The Labute approximate surface area is 112 Å². The van der Waals surface area contributed by atoms with Crippen molar-refractivity contribution in [2.45, 2.75) is 58.8 Å². The van der Waals surface area contributed by atoms with E-state index in [0.29, 0.717) is 12.5 Å². The molecule has 2 atom stereocenters. The highest BCUT2D eigenvalue weighted by Crippen LogP contribution is 2.23. The van der Waals surface area contributed by atoms with E-state index in [1.54, 1.807) is 0 Å². The van der Waals surface area contributed by atoms with Gasteiger partial charge in [0.1, 0.15) is 0 Å². The largest absolute Gasteiger partial charge is 0.342 e. The zero-order valence-electron chi connectivity index (χ0n) is 12.2. The van der Waals surface area contributed by atoms with Gasteiger partial charge >= 0.3 is 0 Å². The summed E-state index contributed by atoms with van der Waals surface area (Å²) in [5.41, 5.74) is 5.73. The fraction of sp³-hybridized carbons (Fsp3) is 0.933. The van der Waals surface area contributed by atoms with E-state index in [2.05, 4.69) is 18.7 Å². The van der Waals surface area contributed by atoms with Crippen LogP contribution in [0.4, 0.5) is 0 Å². The second kappa shape index (κ2) is 8.52. The van der Waals surface area contributed by atoms with Gasteiger partial charge in [0.25, 0.3) is 0 Å². The van der Waals surface area contributed by atoms with Crippen molar-refractivity contribution >= 4 is 5.91 Å². The van der Waals surface area contributed by atoms with Crippen LogP contribution in [0.1, 0.15) is 58.8 Å². The van der Waals surface area contributed by atoms with Crippen LogP contribution < -0.4 is 5.73 Å². The maximum absolute atomic E-state index is 12.4. The number of nitrogens with zero attached hydrogens (tertiary/aromatic N) is 1. The third kappa shape index (κ3) is 4.60. The van der Waals surface area contributed by atoms with Crippen molar-refractivity contribution in [1.29, 1.82) is 0 Å². The predicted octanol–water partition coefficient (Wildman–Crippen LogP) is 2.79. The van der Waals surface area contributed by atoms with Gasteiger partial charge in [-0.3, -0.25) is 4.79 Å². The molecule has 18 heavy (non-hydrogen) atoms. The highest BCUT2D eigenvalue weighted by molar-refractivity contribution is 5.79. The van der Waals surface area contributed by atoms with Crippen molar-refractivity contribution in [1.82, 2.24) is 4.90 Å². The molecule has 3 nitrogen and oxygen atoms in total. The Morgan fingerprint density at radius 2 is 2.06 bits per heavy atom. The van der Waals surface area contributed by atoms with Gasteiger partial charge in [-0.1, -0.05) is 33.1 Å². The van der Waals surface area contributed by atoms with Gasteiger partial charge in [-0.25, -0.2) is 0 Å². The minimum atomic E-state index is 0.0534. The number of rotatable bonds is 6. The average Bonchev–Trinajstić information content (AvgIpc) is 2.61. The number of likely N-dealkylation sites (tertiary alicyclic amines) is 1. The first-order valence-electron chi connectivity index (χ1n) is 7.71. The summed E-state index contributed by atoms with van der Waals surface area (Å²) in [7, 11) is 0. The number of carbonyl (C=O) groups excluding carboxylic acids is 1. The normalized spacial score (nSPS) is 22.6. The molecule has 106 valence electrons. The Morgan fingerprint density at radius 1 is 1.28 bits per heavy atom. The van der Waals surface area contributed by atoms with Crippen molar-refractivity contribution in [2.75, 3.05) is 19.6 Å². The summed E-state index contributed by atoms with van der Waals surface area (Å²) in [5, 5.41) is 0. The molecule has 1 saturated heterocycles. The molecule has 1 aliphatic heterocycles. The summed E-state index contributed by atoms with van der Waals surface area (Å²) in [6, 6.07) is 0. The summed E-state index contributed by atoms with van der Waals surface area (Å²) in [6.07, 6.45) is 8.20. The van der Waals surface area contributed by atoms with Crippen LogP contribution in [-0.4, -0.2) is 30.4 Å². The maximum atomic E-state index is 12.4. The highest BCUT2D eigenvalue weighted by atomic mass is 16.2. The van der Waals surface area contributed by atoms with Gasteiger partial charge < -0.3 is 10.6 Å². The van der Waals surface area contributed by atoms with Crippen LogP contribution in [0.5, 0.6) is 0 Å². The third-order valence-electron chi connectivity index (χ3n) is 4.13. The lowest BCUT2D eigenvalue weighted by atomic mass is 9.96. The van der Waals surface area contributed by atoms with Gasteiger partial charge in [-0.05, 0) is 31.6 Å². The van der Waals surface area contributed by atoms with Gasteiger partial charge in [0.2, 0.25) is 5.91 Å². The lowest BCUT2D eigenvalue weighted by Crippen LogP contribution is -2.39. The fourth-order valence-electron chi connectivity index (χ4n) is 3.03. The van der Waals surface area contributed by atoms with Crippen LogP contribution in [0, 0.1) is 11.8 Å². The monoisotopic (exact) mass is 254 g/mol. The number of hydrogen-bond donors (Lipinski definition) is 1. The highest BCUT2D eigenvalue weighted by Gasteiger charge is 2.25. The molecule has 1 rings (SSSR count). The summed E-state index contributed by atoms with van der Waals surface area (Å²) in [4.78, 5) is 14.5. The molecule has 0 aromatic carbocycles. The molecule has 0 bridgehead atoms. The molecule has 0 saturated carbocycles. The standard InChI is InChI=1S/C15H30N2O/c1-3-6-13-8-5-10-17(11-9-13)15(18)14(12-16)7-4-2/h13-14H,3-12,16H2,1-2H3. The minimum Gasteiger partial charge on any atom is -0.342 e. The molecule has 0 aromatic heterocycles. The summed E-state index contributed by atoms with van der Waals surface area (Å²) < 4.78 is 0. The number of hydrogen-bond acceptors (Lipinski definition) is 2. The van der Waals surface area contributed by atoms with E-state index in [0.717, 1.165) is 31.8 Å². The van der Waals surface area contributed by atoms with Crippen LogP contribution in [-0.2, 0) is 4.79 Å². The Balaban J connectivity index is 2.48. The zero-order valence-corrected chi connectivity index (χ0v) is 12.2. The topological polar surface area (TPSA) is 46.3 Å². The van der Waals surface area contributed by atoms with Crippen molar-refractivity contribution in [3.8, 4) is 0 Å². The first-order valence-corrected chi connectivity index (χ1v) is 7.71. The van der Waals surface area contributed by atoms with Crippen LogP contribution in [0.2, 0.25) is 0 Å². The molecule has 1 amide bonds. The van der Waals surface area contributed by atoms with Crippen molar-refractivity contribution < 1.29 is 4.79 Å². The van der Waals surface area contributed by atoms with Gasteiger partial charge in [0.15, 0.2) is 0 Å². The van der Waals surface area contributed by atoms with Gasteiger partial charge in [0, 0.05) is 19.6 Å². The number of amides is 1. The van der Waals surface area contributed by atoms with Crippen LogP contribution in [0.25, 0.3) is 0 Å². The number of carbonyl (C=O) groups is 1. The lowest BCUT2D eigenvalue weighted by Gasteiger charge is -2.25. The number of nitrogens with two attached hydrogens (primary N) is 1. The maximum Gasteiger partial charge on any atom is 0.226 e. The SMILES string of the molecule is CCCC1CCCN(C(=O)C(CN)CCC)CC1. The molecule has 0 spiro atoms. The molecule has 2 N–H and O–H groups in total. The fourth-order valence-corrected chi connectivity index (χ4v) is 3.03. The molecule has 3 heteroatoms.